The van der Waals surface area contributed by atoms with E-state index in [0.717, 1.165) is 16.9 Å². The van der Waals surface area contributed by atoms with Crippen molar-refractivity contribution in [2.24, 2.45) is 0 Å². The van der Waals surface area contributed by atoms with E-state index in [0.29, 0.717) is 42.0 Å². The molecule has 5 heteroatoms. The number of fused-ring (bicyclic) bond motifs is 1. The third-order valence-corrected chi connectivity index (χ3v) is 3.57. The standard InChI is InChI=1S/C16H16ClNO3/c1-10-2-3-12(17)7-14(10)21-9-11-6-15-16(8-13(11)18)20-5-4-19-15/h2-3,6-8H,4-5,9,18H2,1H3. The van der Waals surface area contributed by atoms with Crippen LogP contribution in [0.3, 0.4) is 0 Å². The fourth-order valence-corrected chi connectivity index (χ4v) is 2.32. The molecule has 0 saturated carbocycles. The highest BCUT2D eigenvalue weighted by Gasteiger charge is 2.15. The number of aryl methyl sites for hydroxylation is 1. The zero-order valence-corrected chi connectivity index (χ0v) is 12.4. The van der Waals surface area contributed by atoms with E-state index in [1.165, 1.54) is 0 Å². The number of hydrogen-bond acceptors (Lipinski definition) is 4. The number of anilines is 1. The Labute approximate surface area is 128 Å². The van der Waals surface area contributed by atoms with Gasteiger partial charge in [-0.15, -0.1) is 0 Å². The maximum Gasteiger partial charge on any atom is 0.163 e. The smallest absolute Gasteiger partial charge is 0.163 e. The Kier molecular flexibility index (Phi) is 3.80. The van der Waals surface area contributed by atoms with Gasteiger partial charge in [-0.25, -0.2) is 0 Å². The molecule has 1 heterocycles. The molecule has 0 aliphatic carbocycles. The van der Waals surface area contributed by atoms with Gasteiger partial charge in [-0.1, -0.05) is 17.7 Å². The first-order valence-corrected chi connectivity index (χ1v) is 7.08. The summed E-state index contributed by atoms with van der Waals surface area (Å²) >= 11 is 5.98. The number of rotatable bonds is 3. The van der Waals surface area contributed by atoms with Crippen molar-refractivity contribution in [3.8, 4) is 17.2 Å². The van der Waals surface area contributed by atoms with E-state index in [2.05, 4.69) is 0 Å². The number of hydrogen-bond donors (Lipinski definition) is 1. The van der Waals surface area contributed by atoms with Gasteiger partial charge >= 0.3 is 0 Å². The first-order chi connectivity index (χ1) is 10.1. The predicted molar refractivity (Wildman–Crippen MR) is 82.4 cm³/mol. The Hall–Kier alpha value is -2.07. The molecule has 21 heavy (non-hydrogen) atoms. The molecule has 0 aromatic heterocycles. The summed E-state index contributed by atoms with van der Waals surface area (Å²) in [6, 6.07) is 9.19. The van der Waals surface area contributed by atoms with E-state index in [1.54, 1.807) is 12.1 Å². The molecule has 3 rings (SSSR count). The monoisotopic (exact) mass is 305 g/mol. The maximum atomic E-state index is 6.04. The van der Waals surface area contributed by atoms with E-state index in [4.69, 9.17) is 31.5 Å². The lowest BCUT2D eigenvalue weighted by molar-refractivity contribution is 0.171. The normalized spacial score (nSPS) is 13.0. The first-order valence-electron chi connectivity index (χ1n) is 6.70. The quantitative estimate of drug-likeness (QED) is 0.881. The van der Waals surface area contributed by atoms with Gasteiger partial charge in [0.05, 0.1) is 0 Å². The highest BCUT2D eigenvalue weighted by molar-refractivity contribution is 6.30. The molecule has 0 saturated heterocycles. The van der Waals surface area contributed by atoms with Crippen LogP contribution in [0.2, 0.25) is 5.02 Å². The van der Waals surface area contributed by atoms with Crippen LogP contribution in [-0.2, 0) is 6.61 Å². The molecule has 0 radical (unpaired) electrons. The Morgan fingerprint density at radius 1 is 1.14 bits per heavy atom. The average Bonchev–Trinajstić information content (AvgIpc) is 2.48. The summed E-state index contributed by atoms with van der Waals surface area (Å²) in [5.74, 6) is 2.13. The second-order valence-electron chi connectivity index (χ2n) is 4.89. The lowest BCUT2D eigenvalue weighted by Gasteiger charge is -2.20. The molecule has 1 aliphatic heterocycles. The second-order valence-corrected chi connectivity index (χ2v) is 5.33. The van der Waals surface area contributed by atoms with Crippen molar-refractivity contribution in [2.45, 2.75) is 13.5 Å². The Morgan fingerprint density at radius 3 is 2.62 bits per heavy atom. The number of benzene rings is 2. The van der Waals surface area contributed by atoms with E-state index >= 15 is 0 Å². The van der Waals surface area contributed by atoms with E-state index in [9.17, 15) is 0 Å². The van der Waals surface area contributed by atoms with Crippen LogP contribution in [-0.4, -0.2) is 13.2 Å². The number of ether oxygens (including phenoxy) is 3. The second kappa shape index (κ2) is 5.74. The van der Waals surface area contributed by atoms with Crippen LogP contribution in [0.1, 0.15) is 11.1 Å². The summed E-state index contributed by atoms with van der Waals surface area (Å²) in [6.07, 6.45) is 0. The minimum absolute atomic E-state index is 0.351. The largest absolute Gasteiger partial charge is 0.488 e. The van der Waals surface area contributed by atoms with Gasteiger partial charge in [0.1, 0.15) is 25.6 Å². The van der Waals surface area contributed by atoms with Crippen molar-refractivity contribution in [1.29, 1.82) is 0 Å². The summed E-state index contributed by atoms with van der Waals surface area (Å²) < 4.78 is 16.9. The summed E-state index contributed by atoms with van der Waals surface area (Å²) in [5, 5.41) is 0.644. The Morgan fingerprint density at radius 2 is 1.86 bits per heavy atom. The predicted octanol–water partition coefficient (Wildman–Crippen LogP) is 3.58. The molecule has 4 nitrogen and oxygen atoms in total. The molecule has 1 aliphatic rings. The summed E-state index contributed by atoms with van der Waals surface area (Å²) in [4.78, 5) is 0. The van der Waals surface area contributed by atoms with Crippen molar-refractivity contribution < 1.29 is 14.2 Å². The number of nitrogens with two attached hydrogens (primary N) is 1. The maximum absolute atomic E-state index is 6.04. The van der Waals surface area contributed by atoms with Gasteiger partial charge < -0.3 is 19.9 Å². The zero-order chi connectivity index (χ0) is 14.8. The van der Waals surface area contributed by atoms with Crippen LogP contribution >= 0.6 is 11.6 Å². The Bertz CT molecular complexity index is 673. The van der Waals surface area contributed by atoms with Crippen molar-refractivity contribution in [2.75, 3.05) is 18.9 Å². The van der Waals surface area contributed by atoms with Gasteiger partial charge in [0.2, 0.25) is 0 Å². The summed E-state index contributed by atoms with van der Waals surface area (Å²) in [5.41, 5.74) is 8.54. The molecular formula is C16H16ClNO3. The molecule has 110 valence electrons. The van der Waals surface area contributed by atoms with Gasteiger partial charge in [-0.3, -0.25) is 0 Å². The fourth-order valence-electron chi connectivity index (χ4n) is 2.16. The van der Waals surface area contributed by atoms with Gasteiger partial charge in [0, 0.05) is 22.3 Å². The van der Waals surface area contributed by atoms with Crippen molar-refractivity contribution in [3.63, 3.8) is 0 Å². The molecular weight excluding hydrogens is 290 g/mol. The average molecular weight is 306 g/mol. The van der Waals surface area contributed by atoms with Gasteiger partial charge in [-0.2, -0.15) is 0 Å². The van der Waals surface area contributed by atoms with E-state index in [1.807, 2.05) is 25.1 Å². The Balaban J connectivity index is 1.80. The molecule has 0 unspecified atom stereocenters. The molecule has 0 bridgehead atoms. The van der Waals surface area contributed by atoms with Crippen LogP contribution in [0.25, 0.3) is 0 Å². The number of halogens is 1. The molecule has 0 atom stereocenters. The fraction of sp³-hybridized carbons (Fsp3) is 0.250. The zero-order valence-electron chi connectivity index (χ0n) is 11.7. The summed E-state index contributed by atoms with van der Waals surface area (Å²) in [7, 11) is 0. The first kappa shape index (κ1) is 13.9. The SMILES string of the molecule is Cc1ccc(Cl)cc1OCc1cc2c(cc1N)OCCO2. The van der Waals surface area contributed by atoms with Crippen LogP contribution < -0.4 is 19.9 Å². The van der Waals surface area contributed by atoms with Gasteiger partial charge in [0.25, 0.3) is 0 Å². The molecule has 2 N–H and O–H groups in total. The molecule has 0 spiro atoms. The van der Waals surface area contributed by atoms with Gasteiger partial charge in [-0.05, 0) is 30.7 Å². The van der Waals surface area contributed by atoms with Crippen LogP contribution in [0, 0.1) is 6.92 Å². The topological polar surface area (TPSA) is 53.7 Å². The van der Waals surface area contributed by atoms with Crippen molar-refractivity contribution >= 4 is 17.3 Å². The van der Waals surface area contributed by atoms with Crippen LogP contribution in [0.15, 0.2) is 30.3 Å². The van der Waals surface area contributed by atoms with Gasteiger partial charge in [0.15, 0.2) is 11.5 Å². The molecule has 0 fully saturated rings. The van der Waals surface area contributed by atoms with Crippen molar-refractivity contribution in [1.82, 2.24) is 0 Å². The third kappa shape index (κ3) is 3.00. The third-order valence-electron chi connectivity index (χ3n) is 3.34. The minimum atomic E-state index is 0.351. The van der Waals surface area contributed by atoms with Crippen molar-refractivity contribution in [3.05, 3.63) is 46.5 Å². The van der Waals surface area contributed by atoms with E-state index < -0.39 is 0 Å². The van der Waals surface area contributed by atoms with Crippen LogP contribution in [0.4, 0.5) is 5.69 Å². The molecule has 2 aromatic carbocycles. The van der Waals surface area contributed by atoms with E-state index in [-0.39, 0.29) is 0 Å². The lowest BCUT2D eigenvalue weighted by Crippen LogP contribution is -2.16. The summed E-state index contributed by atoms with van der Waals surface area (Å²) in [6.45, 7) is 3.41. The minimum Gasteiger partial charge on any atom is -0.488 e. The lowest BCUT2D eigenvalue weighted by atomic mass is 10.1. The molecule has 2 aromatic rings. The highest BCUT2D eigenvalue weighted by Crippen LogP contribution is 2.35. The molecule has 0 amide bonds. The van der Waals surface area contributed by atoms with Crippen LogP contribution in [0.5, 0.6) is 17.2 Å². The number of nitrogen functional groups attached to an aromatic ring is 1. The highest BCUT2D eigenvalue weighted by atomic mass is 35.5.